The summed E-state index contributed by atoms with van der Waals surface area (Å²) in [4.78, 5) is 20.9. The molecule has 1 amide bonds. The third-order valence-electron chi connectivity index (χ3n) is 4.95. The Morgan fingerprint density at radius 3 is 2.34 bits per heavy atom. The number of fused-ring (bicyclic) bond motifs is 1. The molecule has 2 aromatic carbocycles. The highest BCUT2D eigenvalue weighted by Crippen LogP contribution is 2.27. The van der Waals surface area contributed by atoms with Gasteiger partial charge in [0.25, 0.3) is 5.78 Å². The van der Waals surface area contributed by atoms with Gasteiger partial charge >= 0.3 is 0 Å². The summed E-state index contributed by atoms with van der Waals surface area (Å²) >= 11 is 0. The highest BCUT2D eigenvalue weighted by Gasteiger charge is 2.17. The van der Waals surface area contributed by atoms with Gasteiger partial charge in [-0.3, -0.25) is 4.79 Å². The molecule has 1 N–H and O–H groups in total. The van der Waals surface area contributed by atoms with Crippen LogP contribution < -0.4 is 5.32 Å². The topological polar surface area (TPSA) is 72.2 Å². The van der Waals surface area contributed by atoms with Crippen LogP contribution in [0.25, 0.3) is 5.78 Å². The summed E-state index contributed by atoms with van der Waals surface area (Å²) in [5.74, 6) is 0.707. The zero-order valence-electron chi connectivity index (χ0n) is 16.1. The lowest BCUT2D eigenvalue weighted by Crippen LogP contribution is -2.26. The van der Waals surface area contributed by atoms with Crippen molar-refractivity contribution >= 4 is 11.7 Å². The van der Waals surface area contributed by atoms with Crippen LogP contribution in [0.3, 0.4) is 0 Å². The molecule has 0 aliphatic heterocycles. The first-order chi connectivity index (χ1) is 14.3. The molecule has 4 rings (SSSR count). The van der Waals surface area contributed by atoms with E-state index < -0.39 is 0 Å². The van der Waals surface area contributed by atoms with E-state index in [0.717, 1.165) is 29.5 Å². The SMILES string of the molecule is O=C(CC(c1ccccc1)c1ccccc1)NCCCc1cnc2ncnn2c1. The maximum atomic E-state index is 12.6. The van der Waals surface area contributed by atoms with Crippen LogP contribution in [0.1, 0.15) is 35.4 Å². The van der Waals surface area contributed by atoms with Gasteiger partial charge in [-0.1, -0.05) is 60.7 Å². The maximum Gasteiger partial charge on any atom is 0.252 e. The largest absolute Gasteiger partial charge is 0.356 e. The average Bonchev–Trinajstić information content (AvgIpc) is 3.24. The molecule has 146 valence electrons. The molecule has 6 nitrogen and oxygen atoms in total. The van der Waals surface area contributed by atoms with Crippen LogP contribution in [0.5, 0.6) is 0 Å². The minimum atomic E-state index is 0.0522. The molecule has 4 aromatic rings. The van der Waals surface area contributed by atoms with Gasteiger partial charge in [0, 0.05) is 31.3 Å². The van der Waals surface area contributed by atoms with Crippen molar-refractivity contribution in [1.82, 2.24) is 24.9 Å². The highest BCUT2D eigenvalue weighted by molar-refractivity contribution is 5.77. The van der Waals surface area contributed by atoms with Gasteiger partial charge in [-0.15, -0.1) is 0 Å². The molecule has 0 aliphatic carbocycles. The first-order valence-corrected chi connectivity index (χ1v) is 9.80. The quantitative estimate of drug-likeness (QED) is 0.472. The standard InChI is InChI=1S/C23H23N5O/c29-22(24-13-7-8-18-15-25-23-26-17-27-28(23)16-18)14-21(19-9-3-1-4-10-19)20-11-5-2-6-12-20/h1-6,9-12,15-17,21H,7-8,13-14H2,(H,24,29). The Kier molecular flexibility index (Phi) is 5.90. The fourth-order valence-corrected chi connectivity index (χ4v) is 3.46. The van der Waals surface area contributed by atoms with E-state index in [-0.39, 0.29) is 11.8 Å². The van der Waals surface area contributed by atoms with Gasteiger partial charge in [0.2, 0.25) is 5.91 Å². The van der Waals surface area contributed by atoms with E-state index in [2.05, 4.69) is 44.6 Å². The van der Waals surface area contributed by atoms with Crippen LogP contribution in [0, 0.1) is 0 Å². The molecule has 0 spiro atoms. The Morgan fingerprint density at radius 2 is 1.66 bits per heavy atom. The van der Waals surface area contributed by atoms with E-state index in [1.807, 2.05) is 48.8 Å². The van der Waals surface area contributed by atoms with Gasteiger partial charge < -0.3 is 5.32 Å². The minimum Gasteiger partial charge on any atom is -0.356 e. The molecule has 0 unspecified atom stereocenters. The number of aromatic nitrogens is 4. The molecule has 0 radical (unpaired) electrons. The van der Waals surface area contributed by atoms with Crippen LogP contribution in [0.2, 0.25) is 0 Å². The Morgan fingerprint density at radius 1 is 0.966 bits per heavy atom. The van der Waals surface area contributed by atoms with Gasteiger partial charge in [0.15, 0.2) is 0 Å². The summed E-state index contributed by atoms with van der Waals surface area (Å²) in [5, 5.41) is 7.16. The molecule has 2 heterocycles. The number of carbonyl (C=O) groups is 1. The van der Waals surface area contributed by atoms with Crippen molar-refractivity contribution in [3.05, 3.63) is 96.1 Å². The number of rotatable bonds is 8. The molecule has 2 aromatic heterocycles. The van der Waals surface area contributed by atoms with E-state index in [1.54, 1.807) is 4.52 Å². The van der Waals surface area contributed by atoms with Crippen molar-refractivity contribution in [2.24, 2.45) is 0 Å². The Bertz CT molecular complexity index is 1020. The molecule has 0 aliphatic rings. The first kappa shape index (κ1) is 18.8. The highest BCUT2D eigenvalue weighted by atomic mass is 16.1. The Balaban J connectivity index is 1.32. The van der Waals surface area contributed by atoms with Crippen LogP contribution in [-0.4, -0.2) is 32.0 Å². The number of nitrogens with one attached hydrogen (secondary N) is 1. The average molecular weight is 385 g/mol. The molecule has 0 atom stereocenters. The predicted molar refractivity (Wildman–Crippen MR) is 111 cm³/mol. The summed E-state index contributed by atoms with van der Waals surface area (Å²) in [5.41, 5.74) is 3.38. The third-order valence-corrected chi connectivity index (χ3v) is 4.95. The van der Waals surface area contributed by atoms with E-state index in [1.165, 1.54) is 6.33 Å². The van der Waals surface area contributed by atoms with Crippen molar-refractivity contribution in [1.29, 1.82) is 0 Å². The maximum absolute atomic E-state index is 12.6. The molecular weight excluding hydrogens is 362 g/mol. The van der Waals surface area contributed by atoms with Crippen LogP contribution in [0.15, 0.2) is 79.4 Å². The summed E-state index contributed by atoms with van der Waals surface area (Å²) in [6, 6.07) is 20.4. The second-order valence-electron chi connectivity index (χ2n) is 7.00. The monoisotopic (exact) mass is 385 g/mol. The van der Waals surface area contributed by atoms with Gasteiger partial charge in [0.05, 0.1) is 0 Å². The van der Waals surface area contributed by atoms with Crippen molar-refractivity contribution in [2.45, 2.75) is 25.2 Å². The predicted octanol–water partition coefficient (Wildman–Crippen LogP) is 3.40. The molecule has 0 saturated heterocycles. The van der Waals surface area contributed by atoms with Gasteiger partial charge in [-0.05, 0) is 29.5 Å². The van der Waals surface area contributed by atoms with Gasteiger partial charge in [-0.2, -0.15) is 10.1 Å². The summed E-state index contributed by atoms with van der Waals surface area (Å²) < 4.78 is 1.66. The van der Waals surface area contributed by atoms with E-state index >= 15 is 0 Å². The lowest BCUT2D eigenvalue weighted by atomic mass is 9.88. The van der Waals surface area contributed by atoms with Crippen molar-refractivity contribution in [3.63, 3.8) is 0 Å². The Hall–Kier alpha value is -3.54. The summed E-state index contributed by atoms with van der Waals surface area (Å²) in [7, 11) is 0. The van der Waals surface area contributed by atoms with Crippen molar-refractivity contribution in [3.8, 4) is 0 Å². The lowest BCUT2D eigenvalue weighted by molar-refractivity contribution is -0.121. The normalized spacial score (nSPS) is 11.1. The van der Waals surface area contributed by atoms with Crippen LogP contribution in [-0.2, 0) is 11.2 Å². The number of carbonyl (C=O) groups excluding carboxylic acids is 1. The minimum absolute atomic E-state index is 0.0522. The fraction of sp³-hybridized carbons (Fsp3) is 0.217. The van der Waals surface area contributed by atoms with Crippen molar-refractivity contribution in [2.75, 3.05) is 6.54 Å². The number of hydrogen-bond donors (Lipinski definition) is 1. The Labute approximate surface area is 169 Å². The number of hydrogen-bond acceptors (Lipinski definition) is 4. The molecule has 29 heavy (non-hydrogen) atoms. The molecule has 6 heteroatoms. The van der Waals surface area contributed by atoms with Crippen LogP contribution in [0.4, 0.5) is 0 Å². The zero-order valence-corrected chi connectivity index (χ0v) is 16.1. The zero-order chi connectivity index (χ0) is 19.9. The summed E-state index contributed by atoms with van der Waals surface area (Å²) in [6.45, 7) is 0.629. The first-order valence-electron chi connectivity index (χ1n) is 9.80. The lowest BCUT2D eigenvalue weighted by Gasteiger charge is -2.18. The molecule has 0 fully saturated rings. The number of amides is 1. The smallest absolute Gasteiger partial charge is 0.252 e. The fourth-order valence-electron chi connectivity index (χ4n) is 3.46. The van der Waals surface area contributed by atoms with Gasteiger partial charge in [-0.25, -0.2) is 9.50 Å². The summed E-state index contributed by atoms with van der Waals surface area (Å²) in [6.07, 6.45) is 7.33. The number of nitrogens with zero attached hydrogens (tertiary/aromatic N) is 4. The van der Waals surface area contributed by atoms with E-state index in [0.29, 0.717) is 18.7 Å². The third kappa shape index (κ3) is 4.85. The molecule has 0 saturated carbocycles. The number of benzene rings is 2. The molecule has 0 bridgehead atoms. The van der Waals surface area contributed by atoms with Crippen LogP contribution >= 0.6 is 0 Å². The van der Waals surface area contributed by atoms with E-state index in [4.69, 9.17) is 0 Å². The van der Waals surface area contributed by atoms with Gasteiger partial charge in [0.1, 0.15) is 6.33 Å². The number of aryl methyl sites for hydroxylation is 1. The molecular formula is C23H23N5O. The second kappa shape index (κ2) is 9.10. The second-order valence-corrected chi connectivity index (χ2v) is 7.00. The van der Waals surface area contributed by atoms with E-state index in [9.17, 15) is 4.79 Å². The van der Waals surface area contributed by atoms with Crippen molar-refractivity contribution < 1.29 is 4.79 Å².